The lowest BCUT2D eigenvalue weighted by Gasteiger charge is -2.07. The van der Waals surface area contributed by atoms with E-state index in [0.29, 0.717) is 0 Å². The highest BCUT2D eigenvalue weighted by atomic mass is 16.6. The molecule has 7 nitrogen and oxygen atoms in total. The normalized spacial score (nSPS) is 10.6. The minimum absolute atomic E-state index is 0.136. The van der Waals surface area contributed by atoms with Crippen molar-refractivity contribution in [3.8, 4) is 5.75 Å². The predicted molar refractivity (Wildman–Crippen MR) is 83.2 cm³/mol. The summed E-state index contributed by atoms with van der Waals surface area (Å²) in [5.74, 6) is -0.381. The van der Waals surface area contributed by atoms with Crippen LogP contribution in [0.1, 0.15) is 11.1 Å². The Morgan fingerprint density at radius 3 is 2.65 bits per heavy atom. The van der Waals surface area contributed by atoms with Crippen LogP contribution in [0.4, 0.5) is 5.69 Å². The largest absolute Gasteiger partial charge is 0.506 e. The summed E-state index contributed by atoms with van der Waals surface area (Å²) in [5, 5.41) is 29.5. The van der Waals surface area contributed by atoms with Crippen LogP contribution in [0.2, 0.25) is 0 Å². The van der Waals surface area contributed by atoms with Crippen LogP contribution in [-0.2, 0) is 0 Å². The fourth-order valence-electron chi connectivity index (χ4n) is 2.27. The van der Waals surface area contributed by atoms with Gasteiger partial charge in [-0.3, -0.25) is 15.5 Å². The number of hydrogen-bond donors (Lipinski definition) is 2. The number of nitro groups is 1. The summed E-state index contributed by atoms with van der Waals surface area (Å²) in [6.07, 6.45) is 0. The van der Waals surface area contributed by atoms with Crippen molar-refractivity contribution >= 4 is 22.4 Å². The van der Waals surface area contributed by atoms with Gasteiger partial charge in [0, 0.05) is 17.7 Å². The highest BCUT2D eigenvalue weighted by Crippen LogP contribution is 2.28. The molecule has 1 aromatic heterocycles. The lowest BCUT2D eigenvalue weighted by atomic mass is 10.0. The summed E-state index contributed by atoms with van der Waals surface area (Å²) in [6, 6.07) is 11.7. The first-order chi connectivity index (χ1) is 11.0. The average Bonchev–Trinajstić information content (AvgIpc) is 2.55. The molecule has 1 heterocycles. The SMILES string of the molecule is N=C(c1cccc([N+](=O)[O-])c1)c1c(O)c2ccccc2oc1=O. The molecule has 7 heteroatoms. The van der Waals surface area contributed by atoms with Crippen LogP contribution in [0.15, 0.2) is 57.7 Å². The lowest BCUT2D eigenvalue weighted by Crippen LogP contribution is -2.15. The molecular formula is C16H10N2O5. The topological polar surface area (TPSA) is 117 Å². The van der Waals surface area contributed by atoms with Gasteiger partial charge in [0.25, 0.3) is 5.69 Å². The minimum Gasteiger partial charge on any atom is -0.506 e. The van der Waals surface area contributed by atoms with Gasteiger partial charge >= 0.3 is 5.63 Å². The first-order valence-corrected chi connectivity index (χ1v) is 6.57. The van der Waals surface area contributed by atoms with Gasteiger partial charge in [-0.2, -0.15) is 0 Å². The van der Waals surface area contributed by atoms with E-state index in [2.05, 4.69) is 0 Å². The van der Waals surface area contributed by atoms with E-state index in [9.17, 15) is 20.0 Å². The second-order valence-corrected chi connectivity index (χ2v) is 4.79. The number of para-hydroxylation sites is 1. The molecule has 0 aliphatic rings. The van der Waals surface area contributed by atoms with Crippen LogP contribution in [0.3, 0.4) is 0 Å². The van der Waals surface area contributed by atoms with Gasteiger partial charge in [-0.05, 0) is 12.1 Å². The van der Waals surface area contributed by atoms with Crippen molar-refractivity contribution in [1.29, 1.82) is 5.41 Å². The summed E-state index contributed by atoms with van der Waals surface area (Å²) >= 11 is 0. The Morgan fingerprint density at radius 1 is 1.17 bits per heavy atom. The fraction of sp³-hybridized carbons (Fsp3) is 0. The van der Waals surface area contributed by atoms with Gasteiger partial charge in [0.15, 0.2) is 0 Å². The zero-order valence-corrected chi connectivity index (χ0v) is 11.6. The van der Waals surface area contributed by atoms with Crippen molar-refractivity contribution in [3.05, 3.63) is 80.2 Å². The second-order valence-electron chi connectivity index (χ2n) is 4.79. The number of nitrogens with one attached hydrogen (secondary N) is 1. The highest BCUT2D eigenvalue weighted by molar-refractivity contribution is 6.14. The maximum atomic E-state index is 12.1. The summed E-state index contributed by atoms with van der Waals surface area (Å²) in [7, 11) is 0. The zero-order chi connectivity index (χ0) is 16.6. The summed E-state index contributed by atoms with van der Waals surface area (Å²) < 4.78 is 5.10. The Bertz CT molecular complexity index is 1010. The monoisotopic (exact) mass is 310 g/mol. The van der Waals surface area contributed by atoms with Crippen LogP contribution in [0.25, 0.3) is 11.0 Å². The van der Waals surface area contributed by atoms with Crippen LogP contribution < -0.4 is 5.63 Å². The Balaban J connectivity index is 2.20. The molecule has 0 fully saturated rings. The second kappa shape index (κ2) is 5.38. The van der Waals surface area contributed by atoms with E-state index in [-0.39, 0.29) is 39.2 Å². The molecule has 0 saturated carbocycles. The maximum absolute atomic E-state index is 12.1. The molecule has 0 aliphatic carbocycles. The van der Waals surface area contributed by atoms with E-state index in [1.807, 2.05) is 0 Å². The third kappa shape index (κ3) is 2.44. The van der Waals surface area contributed by atoms with Crippen molar-refractivity contribution in [2.24, 2.45) is 0 Å². The third-order valence-electron chi connectivity index (χ3n) is 3.38. The Kier molecular flexibility index (Phi) is 3.38. The van der Waals surface area contributed by atoms with Gasteiger partial charge in [0.1, 0.15) is 16.9 Å². The standard InChI is InChI=1S/C16H10N2O5/c17-14(9-4-3-5-10(8-9)18(21)22)13-15(19)11-6-1-2-7-12(11)23-16(13)20/h1-8,17,19H. The summed E-state index contributed by atoms with van der Waals surface area (Å²) in [6.45, 7) is 0. The van der Waals surface area contributed by atoms with Crippen molar-refractivity contribution in [2.45, 2.75) is 0 Å². The summed E-state index contributed by atoms with van der Waals surface area (Å²) in [4.78, 5) is 22.3. The summed E-state index contributed by atoms with van der Waals surface area (Å²) in [5.41, 5.74) is -1.42. The molecule has 0 unspecified atom stereocenters. The Labute approximate surface area is 129 Å². The van der Waals surface area contributed by atoms with Crippen molar-refractivity contribution in [1.82, 2.24) is 0 Å². The lowest BCUT2D eigenvalue weighted by molar-refractivity contribution is -0.384. The van der Waals surface area contributed by atoms with Gasteiger partial charge < -0.3 is 9.52 Å². The van der Waals surface area contributed by atoms with Crippen molar-refractivity contribution < 1.29 is 14.4 Å². The van der Waals surface area contributed by atoms with Crippen LogP contribution in [0, 0.1) is 15.5 Å². The molecule has 0 spiro atoms. The number of rotatable bonds is 3. The van der Waals surface area contributed by atoms with Crippen molar-refractivity contribution in [3.63, 3.8) is 0 Å². The zero-order valence-electron chi connectivity index (χ0n) is 11.6. The highest BCUT2D eigenvalue weighted by Gasteiger charge is 2.20. The smallest absolute Gasteiger partial charge is 0.349 e. The average molecular weight is 310 g/mol. The van der Waals surface area contributed by atoms with Crippen LogP contribution in [-0.4, -0.2) is 15.7 Å². The first kappa shape index (κ1) is 14.5. The minimum atomic E-state index is -0.877. The molecule has 0 bridgehead atoms. The van der Waals surface area contributed by atoms with E-state index in [1.165, 1.54) is 24.3 Å². The molecule has 0 amide bonds. The van der Waals surface area contributed by atoms with Gasteiger partial charge in [-0.1, -0.05) is 24.3 Å². The number of nitrogens with zero attached hydrogens (tertiary/aromatic N) is 1. The molecule has 23 heavy (non-hydrogen) atoms. The number of non-ortho nitro benzene ring substituents is 1. The molecule has 0 saturated heterocycles. The fourth-order valence-corrected chi connectivity index (χ4v) is 2.27. The molecule has 3 aromatic rings. The van der Waals surface area contributed by atoms with Crippen LogP contribution >= 0.6 is 0 Å². The number of benzene rings is 2. The first-order valence-electron chi connectivity index (χ1n) is 6.57. The van der Waals surface area contributed by atoms with Crippen molar-refractivity contribution in [2.75, 3.05) is 0 Å². The van der Waals surface area contributed by atoms with Gasteiger partial charge in [-0.15, -0.1) is 0 Å². The maximum Gasteiger partial charge on any atom is 0.349 e. The molecule has 3 rings (SSSR count). The Morgan fingerprint density at radius 2 is 1.91 bits per heavy atom. The van der Waals surface area contributed by atoms with E-state index in [1.54, 1.807) is 18.2 Å². The molecule has 0 radical (unpaired) electrons. The molecule has 114 valence electrons. The van der Waals surface area contributed by atoms with Gasteiger partial charge in [0.2, 0.25) is 0 Å². The van der Waals surface area contributed by atoms with E-state index in [4.69, 9.17) is 9.83 Å². The van der Waals surface area contributed by atoms with E-state index in [0.717, 1.165) is 6.07 Å². The number of hydrogen-bond acceptors (Lipinski definition) is 6. The number of aromatic hydroxyl groups is 1. The molecule has 2 aromatic carbocycles. The molecular weight excluding hydrogens is 300 g/mol. The van der Waals surface area contributed by atoms with E-state index >= 15 is 0 Å². The van der Waals surface area contributed by atoms with Crippen LogP contribution in [0.5, 0.6) is 5.75 Å². The predicted octanol–water partition coefficient (Wildman–Crippen LogP) is 2.82. The van der Waals surface area contributed by atoms with Gasteiger partial charge in [-0.25, -0.2) is 4.79 Å². The number of nitro benzene ring substituents is 1. The third-order valence-corrected chi connectivity index (χ3v) is 3.38. The van der Waals surface area contributed by atoms with Gasteiger partial charge in [0.05, 0.1) is 16.0 Å². The molecule has 0 aliphatic heterocycles. The number of fused-ring (bicyclic) bond motifs is 1. The molecule has 0 atom stereocenters. The quantitative estimate of drug-likeness (QED) is 0.334. The Hall–Kier alpha value is -3.48. The van der Waals surface area contributed by atoms with E-state index < -0.39 is 10.5 Å². The molecule has 2 N–H and O–H groups in total.